The summed E-state index contributed by atoms with van der Waals surface area (Å²) in [5.41, 5.74) is 0. The molecule has 0 saturated carbocycles. The van der Waals surface area contributed by atoms with Crippen molar-refractivity contribution >= 4 is 10.2 Å². The van der Waals surface area contributed by atoms with Gasteiger partial charge in [-0.3, -0.25) is 0 Å². The lowest BCUT2D eigenvalue weighted by atomic mass is 10.2. The second-order valence-electron chi connectivity index (χ2n) is 3.49. The first-order valence-electron chi connectivity index (χ1n) is 4.43. The fourth-order valence-corrected chi connectivity index (χ4v) is 1.87. The summed E-state index contributed by atoms with van der Waals surface area (Å²) in [6.45, 7) is 5.38. The molecule has 0 aliphatic heterocycles. The van der Waals surface area contributed by atoms with Crippen LogP contribution in [0.4, 0.5) is 0 Å². The van der Waals surface area contributed by atoms with E-state index in [1.54, 1.807) is 20.8 Å². The first-order valence-corrected chi connectivity index (χ1v) is 5.87. The predicted octanol–water partition coefficient (Wildman–Crippen LogP) is 0.321. The van der Waals surface area contributed by atoms with Crippen LogP contribution in [0.5, 0.6) is 0 Å². The van der Waals surface area contributed by atoms with Crippen molar-refractivity contribution in [1.82, 2.24) is 9.03 Å². The summed E-state index contributed by atoms with van der Waals surface area (Å²) in [5.74, 6) is -0.315. The summed E-state index contributed by atoms with van der Waals surface area (Å²) in [4.78, 5) is 0. The highest BCUT2D eigenvalue weighted by Gasteiger charge is 2.20. The molecule has 6 heteroatoms. The van der Waals surface area contributed by atoms with Crippen LogP contribution in [0.25, 0.3) is 0 Å². The van der Waals surface area contributed by atoms with Gasteiger partial charge in [0.25, 0.3) is 10.2 Å². The molecule has 1 N–H and O–H groups in total. The number of nitriles is 1. The Labute approximate surface area is 85.9 Å². The molecule has 0 spiro atoms. The Morgan fingerprint density at radius 1 is 1.43 bits per heavy atom. The van der Waals surface area contributed by atoms with Crippen molar-refractivity contribution in [1.29, 1.82) is 5.26 Å². The molecule has 0 heterocycles. The Morgan fingerprint density at radius 2 is 1.93 bits per heavy atom. The minimum Gasteiger partial charge on any atom is -0.201 e. The van der Waals surface area contributed by atoms with Crippen molar-refractivity contribution in [2.24, 2.45) is 5.92 Å². The van der Waals surface area contributed by atoms with E-state index in [1.807, 2.05) is 6.07 Å². The van der Waals surface area contributed by atoms with Crippen molar-refractivity contribution in [2.75, 3.05) is 13.6 Å². The van der Waals surface area contributed by atoms with Gasteiger partial charge < -0.3 is 0 Å². The Balaban J connectivity index is 4.31. The van der Waals surface area contributed by atoms with Crippen LogP contribution in [0.3, 0.4) is 0 Å². The highest BCUT2D eigenvalue weighted by Crippen LogP contribution is 2.01. The molecule has 0 aliphatic carbocycles. The zero-order chi connectivity index (χ0) is 11.4. The summed E-state index contributed by atoms with van der Waals surface area (Å²) in [5, 5.41) is 8.48. The molecule has 0 fully saturated rings. The Hall–Kier alpha value is -0.640. The van der Waals surface area contributed by atoms with E-state index in [0.29, 0.717) is 0 Å². The number of hydrogen-bond acceptors (Lipinski definition) is 3. The van der Waals surface area contributed by atoms with E-state index >= 15 is 0 Å². The summed E-state index contributed by atoms with van der Waals surface area (Å²) >= 11 is 0. The molecule has 14 heavy (non-hydrogen) atoms. The highest BCUT2D eigenvalue weighted by atomic mass is 32.2. The standard InChI is InChI=1S/C8H17N3O2S/c1-7(2)11(4)14(12,13)10-6-8(3)5-9/h7-8,10H,6H2,1-4H3/t8-/m0/s1. The van der Waals surface area contributed by atoms with Gasteiger partial charge in [-0.25, -0.2) is 4.72 Å². The molecular weight excluding hydrogens is 202 g/mol. The van der Waals surface area contributed by atoms with Gasteiger partial charge in [0.05, 0.1) is 12.0 Å². The van der Waals surface area contributed by atoms with Gasteiger partial charge >= 0.3 is 0 Å². The quantitative estimate of drug-likeness (QED) is 0.723. The van der Waals surface area contributed by atoms with E-state index in [4.69, 9.17) is 5.26 Å². The lowest BCUT2D eigenvalue weighted by Crippen LogP contribution is -2.43. The molecule has 0 aromatic carbocycles. The molecule has 0 aliphatic rings. The minimum atomic E-state index is -3.43. The zero-order valence-corrected chi connectivity index (χ0v) is 9.80. The van der Waals surface area contributed by atoms with Crippen molar-refractivity contribution in [3.8, 4) is 6.07 Å². The molecule has 0 bridgehead atoms. The first-order chi connectivity index (χ1) is 6.31. The fraction of sp³-hybridized carbons (Fsp3) is 0.875. The molecule has 5 nitrogen and oxygen atoms in total. The van der Waals surface area contributed by atoms with Crippen LogP contribution in [-0.2, 0) is 10.2 Å². The largest absolute Gasteiger partial charge is 0.279 e. The van der Waals surface area contributed by atoms with Crippen molar-refractivity contribution in [3.63, 3.8) is 0 Å². The van der Waals surface area contributed by atoms with Gasteiger partial charge in [-0.15, -0.1) is 0 Å². The van der Waals surface area contributed by atoms with E-state index in [-0.39, 0.29) is 18.5 Å². The molecule has 1 atom stereocenters. The molecular formula is C8H17N3O2S. The molecule has 0 saturated heterocycles. The summed E-state index contributed by atoms with van der Waals surface area (Å²) < 4.78 is 26.6. The monoisotopic (exact) mass is 219 g/mol. The maximum absolute atomic E-state index is 11.5. The van der Waals surface area contributed by atoms with Crippen molar-refractivity contribution in [3.05, 3.63) is 0 Å². The maximum Gasteiger partial charge on any atom is 0.279 e. The van der Waals surface area contributed by atoms with E-state index in [1.165, 1.54) is 11.4 Å². The van der Waals surface area contributed by atoms with E-state index in [2.05, 4.69) is 4.72 Å². The number of hydrogen-bond donors (Lipinski definition) is 1. The van der Waals surface area contributed by atoms with Gasteiger partial charge in [0, 0.05) is 19.6 Å². The van der Waals surface area contributed by atoms with E-state index in [0.717, 1.165) is 0 Å². The zero-order valence-electron chi connectivity index (χ0n) is 8.98. The molecule has 0 aromatic rings. The number of nitrogens with zero attached hydrogens (tertiary/aromatic N) is 2. The average Bonchev–Trinajstić information content (AvgIpc) is 2.12. The molecule has 0 unspecified atom stereocenters. The lowest BCUT2D eigenvalue weighted by molar-refractivity contribution is 0.401. The Bertz CT molecular complexity index is 305. The van der Waals surface area contributed by atoms with Gasteiger partial charge in [-0.05, 0) is 20.8 Å². The smallest absolute Gasteiger partial charge is 0.201 e. The van der Waals surface area contributed by atoms with Crippen LogP contribution in [0.2, 0.25) is 0 Å². The third-order valence-corrected chi connectivity index (χ3v) is 3.61. The van der Waals surface area contributed by atoms with Crippen LogP contribution >= 0.6 is 0 Å². The Morgan fingerprint density at radius 3 is 2.29 bits per heavy atom. The van der Waals surface area contributed by atoms with Gasteiger partial charge in [0.15, 0.2) is 0 Å². The summed E-state index contributed by atoms with van der Waals surface area (Å²) in [7, 11) is -1.93. The van der Waals surface area contributed by atoms with Crippen LogP contribution < -0.4 is 4.72 Å². The van der Waals surface area contributed by atoms with Gasteiger partial charge in [-0.1, -0.05) is 0 Å². The highest BCUT2D eigenvalue weighted by molar-refractivity contribution is 7.87. The first kappa shape index (κ1) is 13.4. The second kappa shape index (κ2) is 5.29. The Kier molecular flexibility index (Phi) is 5.05. The van der Waals surface area contributed by atoms with Gasteiger partial charge in [0.1, 0.15) is 0 Å². The van der Waals surface area contributed by atoms with Crippen LogP contribution in [-0.4, -0.2) is 32.4 Å². The predicted molar refractivity (Wildman–Crippen MR) is 54.6 cm³/mol. The number of nitrogens with one attached hydrogen (secondary N) is 1. The van der Waals surface area contributed by atoms with E-state index < -0.39 is 10.2 Å². The number of rotatable bonds is 5. The molecule has 0 rings (SSSR count). The minimum absolute atomic E-state index is 0.0927. The van der Waals surface area contributed by atoms with Crippen LogP contribution in [0.15, 0.2) is 0 Å². The maximum atomic E-state index is 11.5. The molecule has 0 radical (unpaired) electrons. The third-order valence-electron chi connectivity index (χ3n) is 1.90. The topological polar surface area (TPSA) is 73.2 Å². The van der Waals surface area contributed by atoms with Crippen LogP contribution in [0.1, 0.15) is 20.8 Å². The van der Waals surface area contributed by atoms with E-state index in [9.17, 15) is 8.42 Å². The molecule has 82 valence electrons. The SMILES string of the molecule is CC(C)N(C)S(=O)(=O)NC[C@@H](C)C#N. The van der Waals surface area contributed by atoms with Crippen molar-refractivity contribution in [2.45, 2.75) is 26.8 Å². The van der Waals surface area contributed by atoms with Gasteiger partial charge in [-0.2, -0.15) is 18.0 Å². The average molecular weight is 219 g/mol. The normalized spacial score (nSPS) is 14.4. The molecule has 0 aromatic heterocycles. The lowest BCUT2D eigenvalue weighted by Gasteiger charge is -2.21. The van der Waals surface area contributed by atoms with Gasteiger partial charge in [0.2, 0.25) is 0 Å². The molecule has 0 amide bonds. The van der Waals surface area contributed by atoms with Crippen molar-refractivity contribution < 1.29 is 8.42 Å². The third kappa shape index (κ3) is 4.05. The van der Waals surface area contributed by atoms with Crippen LogP contribution in [0, 0.1) is 17.2 Å². The second-order valence-corrected chi connectivity index (χ2v) is 5.31. The fourth-order valence-electron chi connectivity index (χ4n) is 0.655. The summed E-state index contributed by atoms with van der Waals surface area (Å²) in [6, 6.07) is 1.87. The summed E-state index contributed by atoms with van der Waals surface area (Å²) in [6.07, 6.45) is 0.